The zero-order chi connectivity index (χ0) is 15.2. The van der Waals surface area contributed by atoms with Crippen LogP contribution in [0.1, 0.15) is 35.7 Å². The molecule has 21 heavy (non-hydrogen) atoms. The summed E-state index contributed by atoms with van der Waals surface area (Å²) in [5.41, 5.74) is 7.90. The van der Waals surface area contributed by atoms with Crippen LogP contribution in [0.25, 0.3) is 0 Å². The summed E-state index contributed by atoms with van der Waals surface area (Å²) >= 11 is 0. The molecule has 0 fully saturated rings. The monoisotopic (exact) mass is 284 g/mol. The van der Waals surface area contributed by atoms with Gasteiger partial charge in [0, 0.05) is 5.69 Å². The third kappa shape index (κ3) is 3.75. The van der Waals surface area contributed by atoms with E-state index in [0.717, 1.165) is 19.3 Å². The summed E-state index contributed by atoms with van der Waals surface area (Å²) in [5.74, 6) is -0.560. The third-order valence-corrected chi connectivity index (χ3v) is 3.34. The van der Waals surface area contributed by atoms with Crippen molar-refractivity contribution in [2.75, 3.05) is 11.1 Å². The van der Waals surface area contributed by atoms with Crippen LogP contribution in [0.15, 0.2) is 42.5 Å². The first-order chi connectivity index (χ1) is 10.1. The molecule has 0 saturated carbocycles. The van der Waals surface area contributed by atoms with Gasteiger partial charge in [0.1, 0.15) is 0 Å². The lowest BCUT2D eigenvalue weighted by Gasteiger charge is -2.09. The van der Waals surface area contributed by atoms with E-state index in [1.54, 1.807) is 12.1 Å². The van der Waals surface area contributed by atoms with Crippen LogP contribution in [0, 0.1) is 0 Å². The Bertz CT molecular complexity index is 621. The number of phenolic OH excluding ortho intramolecular Hbond substituents is 1. The fraction of sp³-hybridized carbons (Fsp3) is 0.235. The molecule has 0 bridgehead atoms. The van der Waals surface area contributed by atoms with Crippen molar-refractivity contribution in [1.29, 1.82) is 0 Å². The van der Waals surface area contributed by atoms with Crippen molar-refractivity contribution in [2.45, 2.75) is 26.2 Å². The number of unbranched alkanes of at least 4 members (excludes halogenated alkanes) is 1. The molecule has 0 spiro atoms. The Morgan fingerprint density at radius 3 is 2.57 bits per heavy atom. The molecule has 2 aromatic carbocycles. The predicted octanol–water partition coefficient (Wildman–Crippen LogP) is 3.57. The molecule has 0 aliphatic rings. The Balaban J connectivity index is 2.07. The molecule has 0 radical (unpaired) electrons. The molecule has 0 saturated heterocycles. The number of amides is 1. The second kappa shape index (κ2) is 6.79. The minimum Gasteiger partial charge on any atom is -0.505 e. The van der Waals surface area contributed by atoms with E-state index in [9.17, 15) is 9.90 Å². The van der Waals surface area contributed by atoms with Gasteiger partial charge in [0.25, 0.3) is 5.91 Å². The zero-order valence-electron chi connectivity index (χ0n) is 12.1. The van der Waals surface area contributed by atoms with Gasteiger partial charge in [-0.25, -0.2) is 0 Å². The minimum atomic E-state index is -0.374. The van der Waals surface area contributed by atoms with Crippen molar-refractivity contribution in [3.05, 3.63) is 53.6 Å². The molecule has 0 unspecified atom stereocenters. The topological polar surface area (TPSA) is 75.4 Å². The fourth-order valence-corrected chi connectivity index (χ4v) is 2.08. The first-order valence-electron chi connectivity index (χ1n) is 7.09. The highest BCUT2D eigenvalue weighted by atomic mass is 16.3. The van der Waals surface area contributed by atoms with Gasteiger partial charge in [-0.2, -0.15) is 0 Å². The highest BCUT2D eigenvalue weighted by Crippen LogP contribution is 2.25. The molecule has 0 aliphatic carbocycles. The molecule has 4 N–H and O–H groups in total. The summed E-state index contributed by atoms with van der Waals surface area (Å²) in [6.07, 6.45) is 3.36. The van der Waals surface area contributed by atoms with E-state index < -0.39 is 0 Å². The maximum atomic E-state index is 12.1. The standard InChI is InChI=1S/C17H20N2O2/c1-2-3-5-12-8-10-13(11-9-12)19-17(21)14-6-4-7-15(18)16(14)20/h4,6-11,20H,2-3,5,18H2,1H3,(H,19,21). The van der Waals surface area contributed by atoms with E-state index in [4.69, 9.17) is 5.73 Å². The zero-order valence-corrected chi connectivity index (χ0v) is 12.1. The van der Waals surface area contributed by atoms with Crippen molar-refractivity contribution < 1.29 is 9.90 Å². The van der Waals surface area contributed by atoms with Gasteiger partial charge in [-0.1, -0.05) is 31.5 Å². The summed E-state index contributed by atoms with van der Waals surface area (Å²) in [5, 5.41) is 12.6. The van der Waals surface area contributed by atoms with E-state index in [0.29, 0.717) is 5.69 Å². The van der Waals surface area contributed by atoms with Crippen LogP contribution < -0.4 is 11.1 Å². The van der Waals surface area contributed by atoms with Gasteiger partial charge in [-0.3, -0.25) is 4.79 Å². The van der Waals surface area contributed by atoms with Crippen molar-refractivity contribution >= 4 is 17.3 Å². The number of aryl methyl sites for hydroxylation is 1. The second-order valence-corrected chi connectivity index (χ2v) is 5.00. The molecule has 4 heteroatoms. The molecular weight excluding hydrogens is 264 g/mol. The lowest BCUT2D eigenvalue weighted by molar-refractivity contribution is 0.102. The number of hydrogen-bond acceptors (Lipinski definition) is 3. The lowest BCUT2D eigenvalue weighted by Crippen LogP contribution is -2.12. The normalized spacial score (nSPS) is 10.3. The number of anilines is 2. The number of nitrogens with two attached hydrogens (primary N) is 1. The molecule has 0 aromatic heterocycles. The second-order valence-electron chi connectivity index (χ2n) is 5.00. The highest BCUT2D eigenvalue weighted by molar-refractivity contribution is 6.07. The Labute approximate surface area is 124 Å². The summed E-state index contributed by atoms with van der Waals surface area (Å²) in [7, 11) is 0. The van der Waals surface area contributed by atoms with Crippen molar-refractivity contribution in [3.8, 4) is 5.75 Å². The molecule has 2 aromatic rings. The van der Waals surface area contributed by atoms with Crippen LogP contribution in [0.5, 0.6) is 5.75 Å². The van der Waals surface area contributed by atoms with E-state index in [1.807, 2.05) is 24.3 Å². The third-order valence-electron chi connectivity index (χ3n) is 3.34. The van der Waals surface area contributed by atoms with Crippen molar-refractivity contribution in [3.63, 3.8) is 0 Å². The number of benzene rings is 2. The van der Waals surface area contributed by atoms with Crippen LogP contribution in [0.3, 0.4) is 0 Å². The maximum Gasteiger partial charge on any atom is 0.259 e. The van der Waals surface area contributed by atoms with Crippen LogP contribution in [-0.2, 0) is 6.42 Å². The van der Waals surface area contributed by atoms with Gasteiger partial charge in [-0.05, 0) is 42.7 Å². The number of para-hydroxylation sites is 1. The number of carbonyl (C=O) groups excluding carboxylic acids is 1. The molecular formula is C17H20N2O2. The lowest BCUT2D eigenvalue weighted by atomic mass is 10.1. The van der Waals surface area contributed by atoms with Crippen molar-refractivity contribution in [1.82, 2.24) is 0 Å². The van der Waals surface area contributed by atoms with Gasteiger partial charge in [0.05, 0.1) is 11.3 Å². The fourth-order valence-electron chi connectivity index (χ4n) is 2.08. The largest absolute Gasteiger partial charge is 0.505 e. The number of carbonyl (C=O) groups is 1. The van der Waals surface area contributed by atoms with Gasteiger partial charge < -0.3 is 16.2 Å². The highest BCUT2D eigenvalue weighted by Gasteiger charge is 2.12. The first kappa shape index (κ1) is 14.9. The average Bonchev–Trinajstić information content (AvgIpc) is 2.49. The van der Waals surface area contributed by atoms with Gasteiger partial charge in [0.15, 0.2) is 5.75 Å². The van der Waals surface area contributed by atoms with Gasteiger partial charge >= 0.3 is 0 Å². The van der Waals surface area contributed by atoms with E-state index in [1.165, 1.54) is 11.6 Å². The van der Waals surface area contributed by atoms with Crippen LogP contribution in [0.4, 0.5) is 11.4 Å². The van der Waals surface area contributed by atoms with E-state index in [-0.39, 0.29) is 22.9 Å². The summed E-state index contributed by atoms with van der Waals surface area (Å²) in [6.45, 7) is 2.16. The van der Waals surface area contributed by atoms with Crippen LogP contribution >= 0.6 is 0 Å². The predicted molar refractivity (Wildman–Crippen MR) is 85.5 cm³/mol. The molecule has 1 amide bonds. The number of rotatable bonds is 5. The number of hydrogen-bond donors (Lipinski definition) is 3. The number of aromatic hydroxyl groups is 1. The average molecular weight is 284 g/mol. The molecule has 0 atom stereocenters. The maximum absolute atomic E-state index is 12.1. The quantitative estimate of drug-likeness (QED) is 0.580. The number of phenols is 1. The summed E-state index contributed by atoms with van der Waals surface area (Å²) in [6, 6.07) is 12.5. The first-order valence-corrected chi connectivity index (χ1v) is 7.09. The Kier molecular flexibility index (Phi) is 4.82. The molecule has 0 heterocycles. The molecule has 4 nitrogen and oxygen atoms in total. The van der Waals surface area contributed by atoms with Crippen molar-refractivity contribution in [2.24, 2.45) is 0 Å². The summed E-state index contributed by atoms with van der Waals surface area (Å²) in [4.78, 5) is 12.1. The SMILES string of the molecule is CCCCc1ccc(NC(=O)c2cccc(N)c2O)cc1. The smallest absolute Gasteiger partial charge is 0.259 e. The van der Waals surface area contributed by atoms with Crippen LogP contribution in [0.2, 0.25) is 0 Å². The van der Waals surface area contributed by atoms with Crippen LogP contribution in [-0.4, -0.2) is 11.0 Å². The molecule has 2 rings (SSSR count). The Morgan fingerprint density at radius 2 is 1.90 bits per heavy atom. The Morgan fingerprint density at radius 1 is 1.19 bits per heavy atom. The summed E-state index contributed by atoms with van der Waals surface area (Å²) < 4.78 is 0. The molecule has 0 aliphatic heterocycles. The van der Waals surface area contributed by atoms with E-state index in [2.05, 4.69) is 12.2 Å². The number of nitrogen functional groups attached to an aromatic ring is 1. The Hall–Kier alpha value is -2.49. The molecule has 110 valence electrons. The van der Waals surface area contributed by atoms with Gasteiger partial charge in [-0.15, -0.1) is 0 Å². The van der Waals surface area contributed by atoms with E-state index >= 15 is 0 Å². The number of nitrogens with one attached hydrogen (secondary N) is 1. The van der Waals surface area contributed by atoms with Gasteiger partial charge in [0.2, 0.25) is 0 Å². The minimum absolute atomic E-state index is 0.171.